The van der Waals surface area contributed by atoms with Crippen molar-refractivity contribution in [2.75, 3.05) is 0 Å². The number of carbonyl (C=O) groups is 1. The SMILES string of the molecule is CC(=O)Oc1ccc(F)c2[nH]c(=O)ccc12. The number of hydrogen-bond donors (Lipinski definition) is 1. The second-order valence-corrected chi connectivity index (χ2v) is 3.25. The van der Waals surface area contributed by atoms with Gasteiger partial charge in [-0.05, 0) is 18.2 Å². The molecule has 1 heterocycles. The van der Waals surface area contributed by atoms with Crippen molar-refractivity contribution in [2.24, 2.45) is 0 Å². The highest BCUT2D eigenvalue weighted by atomic mass is 19.1. The summed E-state index contributed by atoms with van der Waals surface area (Å²) in [4.78, 5) is 24.2. The van der Waals surface area contributed by atoms with Crippen molar-refractivity contribution in [2.45, 2.75) is 6.92 Å². The van der Waals surface area contributed by atoms with Crippen LogP contribution in [0.1, 0.15) is 6.92 Å². The van der Waals surface area contributed by atoms with E-state index in [1.165, 1.54) is 25.1 Å². The van der Waals surface area contributed by atoms with Crippen molar-refractivity contribution in [1.82, 2.24) is 4.98 Å². The molecular formula is C11H8FNO3. The predicted molar refractivity (Wildman–Crippen MR) is 55.8 cm³/mol. The van der Waals surface area contributed by atoms with Crippen molar-refractivity contribution in [3.05, 3.63) is 40.4 Å². The first-order valence-corrected chi connectivity index (χ1v) is 4.58. The lowest BCUT2D eigenvalue weighted by Crippen LogP contribution is -2.06. The Morgan fingerprint density at radius 3 is 2.75 bits per heavy atom. The second-order valence-electron chi connectivity index (χ2n) is 3.25. The molecule has 4 nitrogen and oxygen atoms in total. The van der Waals surface area contributed by atoms with Crippen LogP contribution in [0.3, 0.4) is 0 Å². The van der Waals surface area contributed by atoms with Crippen LogP contribution in [-0.4, -0.2) is 11.0 Å². The number of aromatic amines is 1. The van der Waals surface area contributed by atoms with Gasteiger partial charge >= 0.3 is 5.97 Å². The van der Waals surface area contributed by atoms with Crippen molar-refractivity contribution >= 4 is 16.9 Å². The molecule has 1 aromatic heterocycles. The van der Waals surface area contributed by atoms with Gasteiger partial charge in [0.2, 0.25) is 5.56 Å². The summed E-state index contributed by atoms with van der Waals surface area (Å²) in [6.07, 6.45) is 0. The molecule has 16 heavy (non-hydrogen) atoms. The molecule has 1 aromatic carbocycles. The molecule has 0 atom stereocenters. The van der Waals surface area contributed by atoms with Crippen molar-refractivity contribution < 1.29 is 13.9 Å². The average molecular weight is 221 g/mol. The Hall–Kier alpha value is -2.17. The lowest BCUT2D eigenvalue weighted by Gasteiger charge is -2.05. The number of rotatable bonds is 1. The predicted octanol–water partition coefficient (Wildman–Crippen LogP) is 1.59. The van der Waals surface area contributed by atoms with E-state index in [1.807, 2.05) is 0 Å². The normalized spacial score (nSPS) is 10.4. The van der Waals surface area contributed by atoms with Crippen LogP contribution in [0.2, 0.25) is 0 Å². The molecule has 0 saturated carbocycles. The number of aromatic nitrogens is 1. The summed E-state index contributed by atoms with van der Waals surface area (Å²) in [5.74, 6) is -0.845. The maximum absolute atomic E-state index is 13.4. The minimum atomic E-state index is -0.566. The largest absolute Gasteiger partial charge is 0.426 e. The second kappa shape index (κ2) is 3.77. The molecule has 0 radical (unpaired) electrons. The molecule has 0 fully saturated rings. The summed E-state index contributed by atoms with van der Waals surface area (Å²) in [6, 6.07) is 5.14. The van der Waals surface area contributed by atoms with Crippen LogP contribution in [0.15, 0.2) is 29.1 Å². The maximum atomic E-state index is 13.4. The van der Waals surface area contributed by atoms with Gasteiger partial charge in [0.15, 0.2) is 0 Å². The number of hydrogen-bond acceptors (Lipinski definition) is 3. The van der Waals surface area contributed by atoms with Crippen molar-refractivity contribution in [3.63, 3.8) is 0 Å². The zero-order valence-electron chi connectivity index (χ0n) is 8.41. The minimum Gasteiger partial charge on any atom is -0.426 e. The zero-order chi connectivity index (χ0) is 11.7. The maximum Gasteiger partial charge on any atom is 0.308 e. The number of pyridine rings is 1. The van der Waals surface area contributed by atoms with Crippen LogP contribution in [0.25, 0.3) is 10.9 Å². The Morgan fingerprint density at radius 1 is 1.31 bits per heavy atom. The Bertz CT molecular complexity index is 618. The quantitative estimate of drug-likeness (QED) is 0.587. The minimum absolute atomic E-state index is 0.0336. The smallest absolute Gasteiger partial charge is 0.308 e. The van der Waals surface area contributed by atoms with Gasteiger partial charge in [-0.25, -0.2) is 4.39 Å². The molecule has 0 aliphatic carbocycles. The molecule has 0 saturated heterocycles. The van der Waals surface area contributed by atoms with Crippen LogP contribution >= 0.6 is 0 Å². The van der Waals surface area contributed by atoms with E-state index >= 15 is 0 Å². The number of benzene rings is 1. The fourth-order valence-electron chi connectivity index (χ4n) is 1.43. The fraction of sp³-hybridized carbons (Fsp3) is 0.0909. The van der Waals surface area contributed by atoms with Gasteiger partial charge in [0.25, 0.3) is 0 Å². The van der Waals surface area contributed by atoms with E-state index in [2.05, 4.69) is 4.98 Å². The standard InChI is InChI=1S/C11H8FNO3/c1-6(14)16-9-4-3-8(12)11-7(9)2-5-10(15)13-11/h2-5H,1H3,(H,13,15). The molecule has 0 unspecified atom stereocenters. The summed E-state index contributed by atoms with van der Waals surface area (Å²) in [7, 11) is 0. The van der Waals surface area contributed by atoms with Gasteiger partial charge < -0.3 is 9.72 Å². The van der Waals surface area contributed by atoms with Gasteiger partial charge in [-0.15, -0.1) is 0 Å². The Balaban J connectivity index is 2.73. The third kappa shape index (κ3) is 1.79. The molecule has 82 valence electrons. The number of halogens is 1. The van der Waals surface area contributed by atoms with E-state index in [9.17, 15) is 14.0 Å². The number of carbonyl (C=O) groups excluding carboxylic acids is 1. The summed E-state index contributed by atoms with van der Waals surface area (Å²) in [5, 5.41) is 0.356. The van der Waals surface area contributed by atoms with Gasteiger partial charge in [0, 0.05) is 18.4 Å². The van der Waals surface area contributed by atoms with Gasteiger partial charge in [-0.1, -0.05) is 0 Å². The molecule has 2 aromatic rings. The topological polar surface area (TPSA) is 59.2 Å². The number of ether oxygens (including phenoxy) is 1. The highest BCUT2D eigenvalue weighted by molar-refractivity contribution is 5.87. The van der Waals surface area contributed by atoms with E-state index in [-0.39, 0.29) is 11.3 Å². The Kier molecular flexibility index (Phi) is 2.44. The molecule has 5 heteroatoms. The van der Waals surface area contributed by atoms with Gasteiger partial charge in [-0.3, -0.25) is 9.59 Å². The van der Waals surface area contributed by atoms with Gasteiger partial charge in [0.1, 0.15) is 11.6 Å². The lowest BCUT2D eigenvalue weighted by atomic mass is 10.2. The number of H-pyrrole nitrogens is 1. The van der Waals surface area contributed by atoms with Crippen LogP contribution in [0, 0.1) is 5.82 Å². The highest BCUT2D eigenvalue weighted by Crippen LogP contribution is 2.25. The molecule has 0 bridgehead atoms. The Labute approximate surface area is 89.7 Å². The van der Waals surface area contributed by atoms with Crippen LogP contribution in [0.4, 0.5) is 4.39 Å². The first-order chi connectivity index (χ1) is 7.58. The van der Waals surface area contributed by atoms with E-state index in [0.29, 0.717) is 5.39 Å². The van der Waals surface area contributed by atoms with Crippen molar-refractivity contribution in [3.8, 4) is 5.75 Å². The van der Waals surface area contributed by atoms with Crippen LogP contribution in [0.5, 0.6) is 5.75 Å². The summed E-state index contributed by atoms with van der Waals surface area (Å²) in [6.45, 7) is 1.25. The van der Waals surface area contributed by atoms with Gasteiger partial charge in [-0.2, -0.15) is 0 Å². The monoisotopic (exact) mass is 221 g/mol. The van der Waals surface area contributed by atoms with Crippen molar-refractivity contribution in [1.29, 1.82) is 0 Å². The lowest BCUT2D eigenvalue weighted by molar-refractivity contribution is -0.131. The summed E-state index contributed by atoms with van der Waals surface area (Å²) in [5.41, 5.74) is -0.377. The molecule has 0 aliphatic rings. The van der Waals surface area contributed by atoms with E-state index in [0.717, 1.165) is 6.07 Å². The summed E-state index contributed by atoms with van der Waals surface area (Å²) >= 11 is 0. The third-order valence-electron chi connectivity index (χ3n) is 2.06. The number of fused-ring (bicyclic) bond motifs is 1. The highest BCUT2D eigenvalue weighted by Gasteiger charge is 2.09. The van der Waals surface area contributed by atoms with Crippen LogP contribution in [-0.2, 0) is 4.79 Å². The molecule has 1 N–H and O–H groups in total. The first kappa shape index (κ1) is 10.4. The third-order valence-corrected chi connectivity index (χ3v) is 2.06. The molecule has 2 rings (SSSR count). The van der Waals surface area contributed by atoms with E-state index in [4.69, 9.17) is 4.74 Å². The zero-order valence-corrected chi connectivity index (χ0v) is 8.41. The molecule has 0 amide bonds. The van der Waals surface area contributed by atoms with E-state index < -0.39 is 17.3 Å². The van der Waals surface area contributed by atoms with Gasteiger partial charge in [0.05, 0.1) is 5.52 Å². The molecule has 0 aliphatic heterocycles. The van der Waals surface area contributed by atoms with E-state index in [1.54, 1.807) is 0 Å². The fourth-order valence-corrected chi connectivity index (χ4v) is 1.43. The molecular weight excluding hydrogens is 213 g/mol. The molecule has 0 spiro atoms. The Morgan fingerprint density at radius 2 is 2.06 bits per heavy atom. The number of nitrogens with one attached hydrogen (secondary N) is 1. The average Bonchev–Trinajstić information content (AvgIpc) is 2.22. The summed E-state index contributed by atoms with van der Waals surface area (Å²) < 4.78 is 18.3. The number of esters is 1. The first-order valence-electron chi connectivity index (χ1n) is 4.58. The van der Waals surface area contributed by atoms with Crippen LogP contribution < -0.4 is 10.3 Å².